The molecule has 1 N–H and O–H groups in total. The van der Waals surface area contributed by atoms with Gasteiger partial charge in [-0.2, -0.15) is 13.8 Å². The van der Waals surface area contributed by atoms with Crippen LogP contribution >= 0.6 is 0 Å². The third-order valence-corrected chi connectivity index (χ3v) is 4.83. The third-order valence-electron chi connectivity index (χ3n) is 4.83. The first-order valence-corrected chi connectivity index (χ1v) is 10.1. The second-order valence-electron chi connectivity index (χ2n) is 6.98. The summed E-state index contributed by atoms with van der Waals surface area (Å²) >= 11 is 0. The lowest BCUT2D eigenvalue weighted by molar-refractivity contribution is -0.0498. The van der Waals surface area contributed by atoms with Gasteiger partial charge in [-0.25, -0.2) is 14.2 Å². The standard InChI is InChI=1S/C21H19F3N6O4/c1-32-19(31)17-14(12-2-4-13(5-3-12)34-20(23)24)10-16(28-29-17)26-18-15(22)11-25-21(27-18)30-6-8-33-9-7-30/h2-5,10-11,20H,6-9H2,1H3,(H,25,26,27,28). The molecule has 1 aliphatic heterocycles. The predicted octanol–water partition coefficient (Wildman–Crippen LogP) is 3.04. The fourth-order valence-electron chi connectivity index (χ4n) is 3.22. The van der Waals surface area contributed by atoms with Crippen molar-refractivity contribution in [1.29, 1.82) is 0 Å². The van der Waals surface area contributed by atoms with Crippen molar-refractivity contribution in [1.82, 2.24) is 20.2 Å². The summed E-state index contributed by atoms with van der Waals surface area (Å²) in [7, 11) is 1.18. The smallest absolute Gasteiger partial charge is 0.387 e. The highest BCUT2D eigenvalue weighted by molar-refractivity contribution is 5.95. The average Bonchev–Trinajstić information content (AvgIpc) is 2.85. The van der Waals surface area contributed by atoms with Gasteiger partial charge in [0.25, 0.3) is 0 Å². The first kappa shape index (κ1) is 23.2. The van der Waals surface area contributed by atoms with Gasteiger partial charge < -0.3 is 24.4 Å². The number of morpholine rings is 1. The summed E-state index contributed by atoms with van der Waals surface area (Å²) in [5, 5.41) is 10.6. The molecule has 13 heteroatoms. The first-order valence-electron chi connectivity index (χ1n) is 10.1. The normalized spacial score (nSPS) is 13.6. The molecule has 34 heavy (non-hydrogen) atoms. The largest absolute Gasteiger partial charge is 0.464 e. The molecule has 1 aromatic carbocycles. The van der Waals surface area contributed by atoms with E-state index in [1.807, 2.05) is 4.90 Å². The molecule has 1 aliphatic rings. The van der Waals surface area contributed by atoms with Crippen LogP contribution < -0.4 is 15.0 Å². The van der Waals surface area contributed by atoms with E-state index in [0.717, 1.165) is 6.20 Å². The van der Waals surface area contributed by atoms with Crippen LogP contribution in [0.2, 0.25) is 0 Å². The van der Waals surface area contributed by atoms with E-state index >= 15 is 0 Å². The Bertz CT molecular complexity index is 1160. The van der Waals surface area contributed by atoms with Crippen LogP contribution in [-0.2, 0) is 9.47 Å². The van der Waals surface area contributed by atoms with Gasteiger partial charge in [-0.3, -0.25) is 0 Å². The van der Waals surface area contributed by atoms with Gasteiger partial charge in [-0.1, -0.05) is 12.1 Å². The summed E-state index contributed by atoms with van der Waals surface area (Å²) < 4.78 is 53.7. The molecule has 1 saturated heterocycles. The zero-order valence-corrected chi connectivity index (χ0v) is 17.9. The molecule has 0 bridgehead atoms. The lowest BCUT2D eigenvalue weighted by Gasteiger charge is -2.26. The molecule has 178 valence electrons. The topological polar surface area (TPSA) is 112 Å². The van der Waals surface area contributed by atoms with Crippen LogP contribution in [0.5, 0.6) is 5.75 Å². The molecule has 3 heterocycles. The number of methoxy groups -OCH3 is 1. The van der Waals surface area contributed by atoms with Crippen LogP contribution in [0.15, 0.2) is 36.5 Å². The van der Waals surface area contributed by atoms with Crippen molar-refractivity contribution in [2.45, 2.75) is 6.61 Å². The van der Waals surface area contributed by atoms with E-state index in [1.54, 1.807) is 0 Å². The van der Waals surface area contributed by atoms with Crippen LogP contribution in [0.25, 0.3) is 11.1 Å². The van der Waals surface area contributed by atoms with Gasteiger partial charge in [-0.15, -0.1) is 10.2 Å². The number of carbonyl (C=O) groups is 1. The van der Waals surface area contributed by atoms with E-state index in [1.165, 1.54) is 37.4 Å². The van der Waals surface area contributed by atoms with Crippen molar-refractivity contribution < 1.29 is 32.2 Å². The zero-order valence-electron chi connectivity index (χ0n) is 17.9. The summed E-state index contributed by atoms with van der Waals surface area (Å²) in [5.74, 6) is -1.27. The number of rotatable bonds is 7. The Morgan fingerprint density at radius 3 is 2.59 bits per heavy atom. The average molecular weight is 476 g/mol. The lowest BCUT2D eigenvalue weighted by Crippen LogP contribution is -2.37. The number of nitrogens with one attached hydrogen (secondary N) is 1. The van der Waals surface area contributed by atoms with E-state index < -0.39 is 18.4 Å². The molecule has 0 saturated carbocycles. The number of hydrogen-bond acceptors (Lipinski definition) is 10. The molecule has 2 aromatic heterocycles. The molecule has 0 aliphatic carbocycles. The van der Waals surface area contributed by atoms with Crippen LogP contribution in [0.1, 0.15) is 10.5 Å². The molecule has 0 atom stereocenters. The van der Waals surface area contributed by atoms with Crippen molar-refractivity contribution in [2.75, 3.05) is 43.6 Å². The van der Waals surface area contributed by atoms with Crippen molar-refractivity contribution in [2.24, 2.45) is 0 Å². The highest BCUT2D eigenvalue weighted by Crippen LogP contribution is 2.29. The van der Waals surface area contributed by atoms with Crippen molar-refractivity contribution >= 4 is 23.6 Å². The van der Waals surface area contributed by atoms with Crippen LogP contribution in [0.4, 0.5) is 30.8 Å². The van der Waals surface area contributed by atoms with E-state index in [0.29, 0.717) is 37.8 Å². The number of halogens is 3. The number of nitrogens with zero attached hydrogens (tertiary/aromatic N) is 5. The number of hydrogen-bond donors (Lipinski definition) is 1. The number of carbonyl (C=O) groups excluding carboxylic acids is 1. The molecular formula is C21H19F3N6O4. The Morgan fingerprint density at radius 2 is 1.91 bits per heavy atom. The second-order valence-corrected chi connectivity index (χ2v) is 6.98. The van der Waals surface area contributed by atoms with E-state index in [2.05, 4.69) is 30.2 Å². The Hall–Kier alpha value is -4.00. The maximum atomic E-state index is 14.4. The molecule has 4 rings (SSSR count). The van der Waals surface area contributed by atoms with Crippen LogP contribution in [0, 0.1) is 5.82 Å². The summed E-state index contributed by atoms with van der Waals surface area (Å²) in [6, 6.07) is 7.00. The highest BCUT2D eigenvalue weighted by atomic mass is 19.3. The summed E-state index contributed by atoms with van der Waals surface area (Å²) in [6.07, 6.45) is 1.04. The summed E-state index contributed by atoms with van der Waals surface area (Å²) in [6.45, 7) is -0.828. The zero-order chi connectivity index (χ0) is 24.1. The Morgan fingerprint density at radius 1 is 1.18 bits per heavy atom. The van der Waals surface area contributed by atoms with E-state index in [-0.39, 0.29) is 28.6 Å². The lowest BCUT2D eigenvalue weighted by atomic mass is 10.0. The Labute approximate surface area is 191 Å². The second kappa shape index (κ2) is 10.3. The first-order chi connectivity index (χ1) is 16.4. The number of anilines is 3. The van der Waals surface area contributed by atoms with Gasteiger partial charge in [0, 0.05) is 18.7 Å². The maximum absolute atomic E-state index is 14.4. The van der Waals surface area contributed by atoms with Gasteiger partial charge in [0.1, 0.15) is 5.75 Å². The van der Waals surface area contributed by atoms with E-state index in [9.17, 15) is 18.0 Å². The quantitative estimate of drug-likeness (QED) is 0.511. The van der Waals surface area contributed by atoms with Gasteiger partial charge in [-0.05, 0) is 23.8 Å². The maximum Gasteiger partial charge on any atom is 0.387 e. The monoisotopic (exact) mass is 476 g/mol. The minimum absolute atomic E-state index is 0.0579. The molecular weight excluding hydrogens is 457 g/mol. The molecule has 0 spiro atoms. The van der Waals surface area contributed by atoms with Crippen molar-refractivity contribution in [3.8, 4) is 16.9 Å². The minimum Gasteiger partial charge on any atom is -0.464 e. The SMILES string of the molecule is COC(=O)c1nnc(Nc2nc(N3CCOCC3)ncc2F)cc1-c1ccc(OC(F)F)cc1. The molecule has 0 unspecified atom stereocenters. The van der Waals surface area contributed by atoms with Gasteiger partial charge in [0.15, 0.2) is 23.1 Å². The van der Waals surface area contributed by atoms with Crippen LogP contribution in [-0.4, -0.2) is 66.2 Å². The highest BCUT2D eigenvalue weighted by Gasteiger charge is 2.20. The van der Waals surface area contributed by atoms with Crippen molar-refractivity contribution in [3.05, 3.63) is 48.0 Å². The van der Waals surface area contributed by atoms with Crippen LogP contribution in [0.3, 0.4) is 0 Å². The minimum atomic E-state index is -2.97. The number of alkyl halides is 2. The van der Waals surface area contributed by atoms with Gasteiger partial charge in [0.05, 0.1) is 26.5 Å². The fraction of sp³-hybridized carbons (Fsp3) is 0.286. The molecule has 10 nitrogen and oxygen atoms in total. The number of esters is 1. The molecule has 0 radical (unpaired) electrons. The van der Waals surface area contributed by atoms with Gasteiger partial charge in [0.2, 0.25) is 5.95 Å². The van der Waals surface area contributed by atoms with E-state index in [4.69, 9.17) is 9.47 Å². The third kappa shape index (κ3) is 5.31. The fourth-order valence-corrected chi connectivity index (χ4v) is 3.22. The molecule has 0 amide bonds. The molecule has 1 fully saturated rings. The number of ether oxygens (including phenoxy) is 3. The number of aromatic nitrogens is 4. The number of benzene rings is 1. The summed E-state index contributed by atoms with van der Waals surface area (Å²) in [4.78, 5) is 22.3. The van der Waals surface area contributed by atoms with Crippen molar-refractivity contribution in [3.63, 3.8) is 0 Å². The Kier molecular flexibility index (Phi) is 7.01. The van der Waals surface area contributed by atoms with Gasteiger partial charge >= 0.3 is 12.6 Å². The summed E-state index contributed by atoms with van der Waals surface area (Å²) in [5.41, 5.74) is 0.598. The molecule has 3 aromatic rings. The predicted molar refractivity (Wildman–Crippen MR) is 114 cm³/mol. The Balaban J connectivity index is 1.65.